The van der Waals surface area contributed by atoms with Gasteiger partial charge in [-0.2, -0.15) is 0 Å². The molecule has 0 N–H and O–H groups in total. The van der Waals surface area contributed by atoms with Gasteiger partial charge in [-0.05, 0) is 29.3 Å². The van der Waals surface area contributed by atoms with E-state index in [1.807, 2.05) is 12.1 Å². The minimum absolute atomic E-state index is 0.713. The zero-order valence-electron chi connectivity index (χ0n) is 11.6. The number of unbranched alkanes of at least 4 members (excludes halogenated alkanes) is 1. The van der Waals surface area contributed by atoms with E-state index in [1.165, 1.54) is 17.2 Å². The molecule has 19 heavy (non-hydrogen) atoms. The first-order valence-corrected chi connectivity index (χ1v) is 7.09. The van der Waals surface area contributed by atoms with Crippen molar-refractivity contribution >= 4 is 10.8 Å². The first kappa shape index (κ1) is 13.9. The standard InChI is InChI=1S/C17H22O2/c1-2-3-11-18-12-6-13-19-17-10-9-15-7-4-5-8-16(15)14-17/h4-5,7-10,14H,2-3,6,11-13H2,1H3. The van der Waals surface area contributed by atoms with Gasteiger partial charge in [0.25, 0.3) is 0 Å². The van der Waals surface area contributed by atoms with Crippen molar-refractivity contribution < 1.29 is 9.47 Å². The van der Waals surface area contributed by atoms with Crippen LogP contribution in [-0.2, 0) is 4.74 Å². The molecule has 2 aromatic carbocycles. The van der Waals surface area contributed by atoms with Gasteiger partial charge in [0.15, 0.2) is 0 Å². The predicted molar refractivity (Wildman–Crippen MR) is 79.8 cm³/mol. The van der Waals surface area contributed by atoms with Gasteiger partial charge in [-0.3, -0.25) is 0 Å². The zero-order chi connectivity index (χ0) is 13.3. The number of rotatable bonds is 8. The van der Waals surface area contributed by atoms with E-state index in [4.69, 9.17) is 9.47 Å². The Morgan fingerprint density at radius 2 is 1.63 bits per heavy atom. The lowest BCUT2D eigenvalue weighted by molar-refractivity contribution is 0.117. The average molecular weight is 258 g/mol. The van der Waals surface area contributed by atoms with Gasteiger partial charge in [-0.15, -0.1) is 0 Å². The maximum absolute atomic E-state index is 5.74. The summed E-state index contributed by atoms with van der Waals surface area (Å²) < 4.78 is 11.2. The number of benzene rings is 2. The van der Waals surface area contributed by atoms with Crippen LogP contribution in [-0.4, -0.2) is 19.8 Å². The number of ether oxygens (including phenoxy) is 2. The Morgan fingerprint density at radius 3 is 2.47 bits per heavy atom. The van der Waals surface area contributed by atoms with Crippen LogP contribution in [0, 0.1) is 0 Å². The lowest BCUT2D eigenvalue weighted by Gasteiger charge is -2.07. The molecule has 2 rings (SSSR count). The van der Waals surface area contributed by atoms with Crippen molar-refractivity contribution in [2.75, 3.05) is 19.8 Å². The van der Waals surface area contributed by atoms with Gasteiger partial charge in [-0.1, -0.05) is 43.7 Å². The maximum Gasteiger partial charge on any atom is 0.119 e. The summed E-state index contributed by atoms with van der Waals surface area (Å²) in [5.41, 5.74) is 0. The zero-order valence-corrected chi connectivity index (χ0v) is 11.6. The lowest BCUT2D eigenvalue weighted by Crippen LogP contribution is -2.03. The van der Waals surface area contributed by atoms with E-state index in [2.05, 4.69) is 37.3 Å². The second-order valence-corrected chi connectivity index (χ2v) is 4.68. The fraction of sp³-hybridized carbons (Fsp3) is 0.412. The maximum atomic E-state index is 5.74. The third-order valence-electron chi connectivity index (χ3n) is 3.06. The summed E-state index contributed by atoms with van der Waals surface area (Å²) >= 11 is 0. The normalized spacial score (nSPS) is 10.8. The van der Waals surface area contributed by atoms with Gasteiger partial charge < -0.3 is 9.47 Å². The summed E-state index contributed by atoms with van der Waals surface area (Å²) in [4.78, 5) is 0. The lowest BCUT2D eigenvalue weighted by atomic mass is 10.1. The van der Waals surface area contributed by atoms with E-state index in [1.54, 1.807) is 0 Å². The van der Waals surface area contributed by atoms with Crippen LogP contribution in [0.3, 0.4) is 0 Å². The van der Waals surface area contributed by atoms with Crippen molar-refractivity contribution in [1.29, 1.82) is 0 Å². The fourth-order valence-electron chi connectivity index (χ4n) is 1.96. The quantitative estimate of drug-likeness (QED) is 0.652. The molecular weight excluding hydrogens is 236 g/mol. The highest BCUT2D eigenvalue weighted by Crippen LogP contribution is 2.20. The van der Waals surface area contributed by atoms with Crippen LogP contribution in [0.15, 0.2) is 42.5 Å². The third kappa shape index (κ3) is 4.56. The highest BCUT2D eigenvalue weighted by atomic mass is 16.5. The summed E-state index contributed by atoms with van der Waals surface area (Å²) in [7, 11) is 0. The Morgan fingerprint density at radius 1 is 0.842 bits per heavy atom. The molecule has 2 aromatic rings. The minimum atomic E-state index is 0.713. The van der Waals surface area contributed by atoms with Crippen LogP contribution >= 0.6 is 0 Å². The van der Waals surface area contributed by atoms with Crippen molar-refractivity contribution in [3.63, 3.8) is 0 Å². The van der Waals surface area contributed by atoms with Crippen molar-refractivity contribution in [1.82, 2.24) is 0 Å². The molecular formula is C17H22O2. The molecule has 102 valence electrons. The molecule has 0 unspecified atom stereocenters. The van der Waals surface area contributed by atoms with Crippen molar-refractivity contribution in [2.24, 2.45) is 0 Å². The van der Waals surface area contributed by atoms with E-state index in [-0.39, 0.29) is 0 Å². The Bertz CT molecular complexity index is 493. The fourth-order valence-corrected chi connectivity index (χ4v) is 1.96. The smallest absolute Gasteiger partial charge is 0.119 e. The van der Waals surface area contributed by atoms with Gasteiger partial charge in [-0.25, -0.2) is 0 Å². The van der Waals surface area contributed by atoms with Crippen molar-refractivity contribution in [3.05, 3.63) is 42.5 Å². The first-order chi connectivity index (χ1) is 9.40. The molecule has 0 bridgehead atoms. The number of fused-ring (bicyclic) bond motifs is 1. The molecule has 0 aliphatic carbocycles. The Labute approximate surface area is 115 Å². The molecule has 0 atom stereocenters. The molecule has 0 amide bonds. The van der Waals surface area contributed by atoms with E-state index in [0.29, 0.717) is 6.61 Å². The molecule has 2 heteroatoms. The molecule has 2 nitrogen and oxygen atoms in total. The van der Waals surface area contributed by atoms with Gasteiger partial charge in [0.1, 0.15) is 5.75 Å². The van der Waals surface area contributed by atoms with Gasteiger partial charge in [0, 0.05) is 19.6 Å². The summed E-state index contributed by atoms with van der Waals surface area (Å²) in [6.45, 7) is 4.54. The van der Waals surface area contributed by atoms with Crippen LogP contribution in [0.4, 0.5) is 0 Å². The van der Waals surface area contributed by atoms with Crippen LogP contribution in [0.25, 0.3) is 10.8 Å². The molecule has 0 aliphatic heterocycles. The highest BCUT2D eigenvalue weighted by Gasteiger charge is 1.97. The third-order valence-corrected chi connectivity index (χ3v) is 3.06. The summed E-state index contributed by atoms with van der Waals surface area (Å²) in [6.07, 6.45) is 3.27. The monoisotopic (exact) mass is 258 g/mol. The Hall–Kier alpha value is -1.54. The molecule has 0 heterocycles. The van der Waals surface area contributed by atoms with Crippen LogP contribution in [0.5, 0.6) is 5.75 Å². The molecule has 0 aliphatic rings. The topological polar surface area (TPSA) is 18.5 Å². The van der Waals surface area contributed by atoms with E-state index < -0.39 is 0 Å². The average Bonchev–Trinajstić information content (AvgIpc) is 2.46. The van der Waals surface area contributed by atoms with Crippen molar-refractivity contribution in [3.8, 4) is 5.75 Å². The molecule has 0 radical (unpaired) electrons. The summed E-state index contributed by atoms with van der Waals surface area (Å²) in [6, 6.07) is 14.5. The Balaban J connectivity index is 1.72. The SMILES string of the molecule is CCCCOCCCOc1ccc2ccccc2c1. The highest BCUT2D eigenvalue weighted by molar-refractivity contribution is 5.83. The van der Waals surface area contributed by atoms with Crippen LogP contribution in [0.1, 0.15) is 26.2 Å². The van der Waals surface area contributed by atoms with Crippen LogP contribution in [0.2, 0.25) is 0 Å². The van der Waals surface area contributed by atoms with E-state index >= 15 is 0 Å². The van der Waals surface area contributed by atoms with Gasteiger partial charge in [0.2, 0.25) is 0 Å². The molecule has 0 saturated carbocycles. The predicted octanol–water partition coefficient (Wildman–Crippen LogP) is 4.43. The Kier molecular flexibility index (Phi) is 5.70. The number of hydrogen-bond donors (Lipinski definition) is 0. The second kappa shape index (κ2) is 7.80. The largest absolute Gasteiger partial charge is 0.493 e. The number of hydrogen-bond acceptors (Lipinski definition) is 2. The first-order valence-electron chi connectivity index (χ1n) is 7.09. The van der Waals surface area contributed by atoms with Crippen molar-refractivity contribution in [2.45, 2.75) is 26.2 Å². The van der Waals surface area contributed by atoms with E-state index in [0.717, 1.165) is 31.8 Å². The van der Waals surface area contributed by atoms with Crippen LogP contribution < -0.4 is 4.74 Å². The minimum Gasteiger partial charge on any atom is -0.493 e. The summed E-state index contributed by atoms with van der Waals surface area (Å²) in [5, 5.41) is 2.47. The van der Waals surface area contributed by atoms with Gasteiger partial charge >= 0.3 is 0 Å². The second-order valence-electron chi connectivity index (χ2n) is 4.68. The molecule has 0 aromatic heterocycles. The molecule has 0 spiro atoms. The molecule has 0 saturated heterocycles. The summed E-state index contributed by atoms with van der Waals surface area (Å²) in [5.74, 6) is 0.937. The van der Waals surface area contributed by atoms with Gasteiger partial charge in [0.05, 0.1) is 6.61 Å². The molecule has 0 fully saturated rings. The van der Waals surface area contributed by atoms with E-state index in [9.17, 15) is 0 Å².